The Hall–Kier alpha value is -1.40. The third kappa shape index (κ3) is 3.04. The highest BCUT2D eigenvalue weighted by atomic mass is 16.5. The molecular formula is C11H17N3O3. The van der Waals surface area contributed by atoms with Gasteiger partial charge in [0, 0.05) is 19.1 Å². The van der Waals surface area contributed by atoms with Gasteiger partial charge in [0.2, 0.25) is 0 Å². The van der Waals surface area contributed by atoms with Crippen molar-refractivity contribution in [3.63, 3.8) is 0 Å². The molecule has 0 amide bonds. The standard InChI is InChI=1S/C11H17N3O3/c1-2-17-11(15)10-5-12-8-14(10)6-9-7-16-4-3-13-9/h5,8-9,13H,2-4,6-7H2,1H3. The Morgan fingerprint density at radius 3 is 3.35 bits per heavy atom. The quantitative estimate of drug-likeness (QED) is 0.752. The largest absolute Gasteiger partial charge is 0.461 e. The van der Waals surface area contributed by atoms with Crippen LogP contribution in [0.15, 0.2) is 12.5 Å². The van der Waals surface area contributed by atoms with Crippen LogP contribution in [-0.2, 0) is 16.0 Å². The van der Waals surface area contributed by atoms with Gasteiger partial charge in [0.25, 0.3) is 0 Å². The van der Waals surface area contributed by atoms with E-state index in [1.165, 1.54) is 6.20 Å². The molecule has 1 aliphatic heterocycles. The molecule has 1 aromatic rings. The maximum absolute atomic E-state index is 11.6. The lowest BCUT2D eigenvalue weighted by Crippen LogP contribution is -2.44. The number of hydrogen-bond acceptors (Lipinski definition) is 5. The second kappa shape index (κ2) is 5.79. The highest BCUT2D eigenvalue weighted by molar-refractivity contribution is 5.87. The number of nitrogens with one attached hydrogen (secondary N) is 1. The molecule has 0 spiro atoms. The van der Waals surface area contributed by atoms with Gasteiger partial charge in [-0.1, -0.05) is 0 Å². The van der Waals surface area contributed by atoms with Crippen LogP contribution >= 0.6 is 0 Å². The van der Waals surface area contributed by atoms with Crippen molar-refractivity contribution in [3.8, 4) is 0 Å². The minimum Gasteiger partial charge on any atom is -0.461 e. The number of rotatable bonds is 4. The van der Waals surface area contributed by atoms with E-state index in [1.54, 1.807) is 17.8 Å². The molecule has 0 bridgehead atoms. The molecule has 1 saturated heterocycles. The van der Waals surface area contributed by atoms with Crippen LogP contribution in [0.5, 0.6) is 0 Å². The van der Waals surface area contributed by atoms with Crippen molar-refractivity contribution in [2.75, 3.05) is 26.4 Å². The molecule has 17 heavy (non-hydrogen) atoms. The summed E-state index contributed by atoms with van der Waals surface area (Å²) in [6.07, 6.45) is 3.17. The van der Waals surface area contributed by atoms with Crippen LogP contribution in [0, 0.1) is 0 Å². The van der Waals surface area contributed by atoms with Gasteiger partial charge in [-0.15, -0.1) is 0 Å². The second-order valence-corrected chi connectivity index (χ2v) is 3.88. The molecule has 0 aromatic carbocycles. The smallest absolute Gasteiger partial charge is 0.356 e. The van der Waals surface area contributed by atoms with Crippen LogP contribution < -0.4 is 5.32 Å². The topological polar surface area (TPSA) is 65.4 Å². The maximum Gasteiger partial charge on any atom is 0.356 e. The Bertz CT molecular complexity index is 372. The van der Waals surface area contributed by atoms with Gasteiger partial charge in [0.05, 0.1) is 32.3 Å². The summed E-state index contributed by atoms with van der Waals surface area (Å²) in [6, 6.07) is 0.214. The summed E-state index contributed by atoms with van der Waals surface area (Å²) in [6.45, 7) is 5.05. The van der Waals surface area contributed by atoms with Crippen LogP contribution in [0.25, 0.3) is 0 Å². The first-order valence-corrected chi connectivity index (χ1v) is 5.79. The van der Waals surface area contributed by atoms with Crippen molar-refractivity contribution in [2.45, 2.75) is 19.5 Å². The fourth-order valence-electron chi connectivity index (χ4n) is 1.82. The molecule has 1 aromatic heterocycles. The molecule has 0 saturated carbocycles. The normalized spacial score (nSPS) is 20.2. The summed E-state index contributed by atoms with van der Waals surface area (Å²) < 4.78 is 12.1. The number of esters is 1. The third-order valence-electron chi connectivity index (χ3n) is 2.61. The maximum atomic E-state index is 11.6. The number of nitrogens with zero attached hydrogens (tertiary/aromatic N) is 2. The highest BCUT2D eigenvalue weighted by Gasteiger charge is 2.18. The molecule has 2 heterocycles. The predicted octanol–water partition coefficient (Wildman–Crippen LogP) is 0.0482. The van der Waals surface area contributed by atoms with E-state index in [-0.39, 0.29) is 12.0 Å². The van der Waals surface area contributed by atoms with E-state index in [0.717, 1.165) is 13.2 Å². The van der Waals surface area contributed by atoms with Gasteiger partial charge in [-0.25, -0.2) is 9.78 Å². The molecule has 0 radical (unpaired) electrons. The van der Waals surface area contributed by atoms with E-state index in [0.29, 0.717) is 25.5 Å². The summed E-state index contributed by atoms with van der Waals surface area (Å²) in [5.74, 6) is -0.332. The Labute approximate surface area is 99.9 Å². The predicted molar refractivity (Wildman–Crippen MR) is 60.8 cm³/mol. The van der Waals surface area contributed by atoms with E-state index in [2.05, 4.69) is 10.3 Å². The number of hydrogen-bond donors (Lipinski definition) is 1. The van der Waals surface area contributed by atoms with Crippen LogP contribution in [0.2, 0.25) is 0 Å². The van der Waals surface area contributed by atoms with Crippen molar-refractivity contribution >= 4 is 5.97 Å². The Kier molecular flexibility index (Phi) is 4.11. The molecule has 1 atom stereocenters. The van der Waals surface area contributed by atoms with Crippen molar-refractivity contribution in [3.05, 3.63) is 18.2 Å². The summed E-state index contributed by atoms with van der Waals surface area (Å²) in [7, 11) is 0. The van der Waals surface area contributed by atoms with Crippen LogP contribution in [0.3, 0.4) is 0 Å². The number of ether oxygens (including phenoxy) is 2. The van der Waals surface area contributed by atoms with Gasteiger partial charge in [0.1, 0.15) is 5.69 Å². The fraction of sp³-hybridized carbons (Fsp3) is 0.636. The van der Waals surface area contributed by atoms with Crippen LogP contribution in [-0.4, -0.2) is 47.9 Å². The van der Waals surface area contributed by atoms with Gasteiger partial charge in [-0.3, -0.25) is 0 Å². The molecule has 1 fully saturated rings. The molecule has 0 aliphatic carbocycles. The van der Waals surface area contributed by atoms with Gasteiger partial charge in [-0.2, -0.15) is 0 Å². The zero-order valence-corrected chi connectivity index (χ0v) is 9.89. The van der Waals surface area contributed by atoms with Gasteiger partial charge >= 0.3 is 5.97 Å². The molecule has 6 nitrogen and oxygen atoms in total. The Morgan fingerprint density at radius 1 is 1.76 bits per heavy atom. The molecule has 6 heteroatoms. The number of morpholine rings is 1. The van der Waals surface area contributed by atoms with E-state index in [4.69, 9.17) is 9.47 Å². The van der Waals surface area contributed by atoms with Crippen molar-refractivity contribution in [1.82, 2.24) is 14.9 Å². The number of carbonyl (C=O) groups excluding carboxylic acids is 1. The van der Waals surface area contributed by atoms with Gasteiger partial charge < -0.3 is 19.4 Å². The zero-order valence-electron chi connectivity index (χ0n) is 9.89. The Morgan fingerprint density at radius 2 is 2.65 bits per heavy atom. The fourth-order valence-corrected chi connectivity index (χ4v) is 1.82. The van der Waals surface area contributed by atoms with Crippen LogP contribution in [0.4, 0.5) is 0 Å². The molecule has 1 N–H and O–H groups in total. The van der Waals surface area contributed by atoms with E-state index in [1.807, 2.05) is 0 Å². The second-order valence-electron chi connectivity index (χ2n) is 3.88. The molecular weight excluding hydrogens is 222 g/mol. The van der Waals surface area contributed by atoms with Crippen molar-refractivity contribution in [2.24, 2.45) is 0 Å². The van der Waals surface area contributed by atoms with Crippen molar-refractivity contribution < 1.29 is 14.3 Å². The third-order valence-corrected chi connectivity index (χ3v) is 2.61. The summed E-state index contributed by atoms with van der Waals surface area (Å²) in [5.41, 5.74) is 0.485. The van der Waals surface area contributed by atoms with Crippen molar-refractivity contribution in [1.29, 1.82) is 0 Å². The SMILES string of the molecule is CCOC(=O)c1cncn1CC1COCCN1. The number of aromatic nitrogens is 2. The summed E-state index contributed by atoms with van der Waals surface area (Å²) in [4.78, 5) is 15.6. The molecule has 94 valence electrons. The minimum absolute atomic E-state index is 0.214. The van der Waals surface area contributed by atoms with E-state index >= 15 is 0 Å². The summed E-state index contributed by atoms with van der Waals surface area (Å²) in [5, 5.41) is 3.33. The average molecular weight is 239 g/mol. The lowest BCUT2D eigenvalue weighted by Gasteiger charge is -2.24. The first-order valence-electron chi connectivity index (χ1n) is 5.79. The zero-order chi connectivity index (χ0) is 12.1. The van der Waals surface area contributed by atoms with E-state index in [9.17, 15) is 4.79 Å². The molecule has 1 aliphatic rings. The minimum atomic E-state index is -0.332. The Balaban J connectivity index is 2.00. The van der Waals surface area contributed by atoms with Crippen LogP contribution in [0.1, 0.15) is 17.4 Å². The first-order chi connectivity index (χ1) is 8.31. The van der Waals surface area contributed by atoms with Gasteiger partial charge in [0.15, 0.2) is 0 Å². The lowest BCUT2D eigenvalue weighted by molar-refractivity contribution is 0.0502. The average Bonchev–Trinajstić information content (AvgIpc) is 2.79. The monoisotopic (exact) mass is 239 g/mol. The summed E-state index contributed by atoms with van der Waals surface area (Å²) >= 11 is 0. The highest BCUT2D eigenvalue weighted by Crippen LogP contribution is 2.05. The first kappa shape index (κ1) is 12.1. The molecule has 2 rings (SSSR count). The van der Waals surface area contributed by atoms with Gasteiger partial charge in [-0.05, 0) is 6.92 Å². The van der Waals surface area contributed by atoms with E-state index < -0.39 is 0 Å². The number of imidazole rings is 1. The number of carbonyl (C=O) groups is 1. The molecule has 1 unspecified atom stereocenters. The lowest BCUT2D eigenvalue weighted by atomic mass is 10.2.